The molecule has 0 aliphatic heterocycles. The van der Waals surface area contributed by atoms with Crippen molar-refractivity contribution >= 4 is 15.9 Å². The number of hydrogen-bond donors (Lipinski definition) is 1. The number of halogens is 1. The predicted molar refractivity (Wildman–Crippen MR) is 101 cm³/mol. The van der Waals surface area contributed by atoms with Crippen LogP contribution < -0.4 is 10.1 Å². The van der Waals surface area contributed by atoms with E-state index in [1.165, 1.54) is 7.05 Å². The van der Waals surface area contributed by atoms with Crippen LogP contribution in [0.15, 0.2) is 47.4 Å². The number of carbonyl (C=O) groups excluding carboxylic acids is 1. The Morgan fingerprint density at radius 1 is 1.11 bits per heavy atom. The number of carbonyl (C=O) groups is 1. The number of likely N-dealkylation sites (N-methyl/N-ethyl adjacent to an activating group) is 1. The molecule has 0 aromatic heterocycles. The first kappa shape index (κ1) is 20.9. The van der Waals surface area contributed by atoms with Crippen molar-refractivity contribution in [2.75, 3.05) is 26.7 Å². The maximum atomic E-state index is 12.9. The van der Waals surface area contributed by atoms with Gasteiger partial charge in [0.15, 0.2) is 0 Å². The van der Waals surface area contributed by atoms with Gasteiger partial charge in [0.2, 0.25) is 15.9 Å². The predicted octanol–water partition coefficient (Wildman–Crippen LogP) is 2.26. The minimum atomic E-state index is -3.86. The summed E-state index contributed by atoms with van der Waals surface area (Å²) in [4.78, 5) is 11.9. The van der Waals surface area contributed by atoms with Crippen LogP contribution in [0.5, 0.6) is 5.75 Å². The second-order valence-corrected chi connectivity index (χ2v) is 8.18. The lowest BCUT2D eigenvalue weighted by molar-refractivity contribution is -0.121. The van der Waals surface area contributed by atoms with E-state index >= 15 is 0 Å². The van der Waals surface area contributed by atoms with Crippen LogP contribution in [0.25, 0.3) is 0 Å². The van der Waals surface area contributed by atoms with Crippen molar-refractivity contribution in [3.63, 3.8) is 0 Å². The summed E-state index contributed by atoms with van der Waals surface area (Å²) in [5.74, 6) is -0.200. The van der Waals surface area contributed by atoms with E-state index in [1.54, 1.807) is 0 Å². The van der Waals surface area contributed by atoms with Gasteiger partial charge in [-0.05, 0) is 49.2 Å². The molecule has 0 saturated heterocycles. The lowest BCUT2D eigenvalue weighted by Gasteiger charge is -2.17. The molecular weight excluding hydrogens is 371 g/mol. The van der Waals surface area contributed by atoms with Gasteiger partial charge >= 0.3 is 0 Å². The van der Waals surface area contributed by atoms with Gasteiger partial charge in [0, 0.05) is 7.05 Å². The second-order valence-electron chi connectivity index (χ2n) is 6.13. The average Bonchev–Trinajstić information content (AvgIpc) is 2.61. The zero-order chi connectivity index (χ0) is 20.0. The van der Waals surface area contributed by atoms with E-state index in [9.17, 15) is 17.6 Å². The van der Waals surface area contributed by atoms with Gasteiger partial charge < -0.3 is 10.1 Å². The summed E-state index contributed by atoms with van der Waals surface area (Å²) in [6.45, 7) is 4.05. The summed E-state index contributed by atoms with van der Waals surface area (Å²) >= 11 is 0. The maximum Gasteiger partial charge on any atom is 0.243 e. The number of rotatable bonds is 8. The molecular formula is C19H23FN2O4S. The molecule has 2 rings (SSSR count). The number of nitrogens with zero attached hydrogens (tertiary/aromatic N) is 1. The van der Waals surface area contributed by atoms with E-state index in [-0.39, 0.29) is 24.6 Å². The number of sulfonamides is 1. The number of benzene rings is 2. The fourth-order valence-electron chi connectivity index (χ4n) is 2.50. The molecule has 6 nitrogen and oxygen atoms in total. The number of nitrogens with one attached hydrogen (secondary N) is 1. The lowest BCUT2D eigenvalue weighted by atomic mass is 10.1. The zero-order valence-corrected chi connectivity index (χ0v) is 16.3. The Morgan fingerprint density at radius 2 is 1.70 bits per heavy atom. The van der Waals surface area contributed by atoms with E-state index in [0.29, 0.717) is 0 Å². The van der Waals surface area contributed by atoms with E-state index in [4.69, 9.17) is 4.74 Å². The van der Waals surface area contributed by atoms with Crippen molar-refractivity contribution in [3.8, 4) is 5.75 Å². The quantitative estimate of drug-likeness (QED) is 0.697. The third-order valence-electron chi connectivity index (χ3n) is 3.97. The van der Waals surface area contributed by atoms with Crippen molar-refractivity contribution < 1.29 is 22.3 Å². The molecule has 2 aromatic rings. The monoisotopic (exact) mass is 394 g/mol. The second kappa shape index (κ2) is 8.96. The van der Waals surface area contributed by atoms with Gasteiger partial charge in [-0.15, -0.1) is 0 Å². The molecule has 0 unspecified atom stereocenters. The molecule has 8 heteroatoms. The zero-order valence-electron chi connectivity index (χ0n) is 15.5. The average molecular weight is 394 g/mol. The summed E-state index contributed by atoms with van der Waals surface area (Å²) in [6.07, 6.45) is 0. The van der Waals surface area contributed by atoms with Crippen LogP contribution in [0.2, 0.25) is 0 Å². The summed E-state index contributed by atoms with van der Waals surface area (Å²) in [7, 11) is -2.56. The smallest absolute Gasteiger partial charge is 0.243 e. The van der Waals surface area contributed by atoms with Gasteiger partial charge in [-0.3, -0.25) is 4.79 Å². The third kappa shape index (κ3) is 5.51. The molecule has 146 valence electrons. The molecule has 0 aliphatic carbocycles. The molecule has 0 heterocycles. The summed E-state index contributed by atoms with van der Waals surface area (Å²) in [5, 5.41) is 2.63. The van der Waals surface area contributed by atoms with Crippen LogP contribution in [0.3, 0.4) is 0 Å². The van der Waals surface area contributed by atoms with Crippen molar-refractivity contribution in [1.29, 1.82) is 0 Å². The lowest BCUT2D eigenvalue weighted by Crippen LogP contribution is -2.39. The number of hydrogen-bond acceptors (Lipinski definition) is 4. The van der Waals surface area contributed by atoms with Gasteiger partial charge in [0.25, 0.3) is 0 Å². The van der Waals surface area contributed by atoms with Crippen LogP contribution >= 0.6 is 0 Å². The first-order valence-corrected chi connectivity index (χ1v) is 9.83. The Labute approximate surface area is 159 Å². The molecule has 2 aromatic carbocycles. The van der Waals surface area contributed by atoms with Gasteiger partial charge in [-0.25, -0.2) is 12.8 Å². The largest absolute Gasteiger partial charge is 0.491 e. The number of amides is 1. The van der Waals surface area contributed by atoms with Gasteiger partial charge in [-0.2, -0.15) is 4.31 Å². The van der Waals surface area contributed by atoms with Crippen molar-refractivity contribution in [2.24, 2.45) is 0 Å². The van der Waals surface area contributed by atoms with E-state index in [1.807, 2.05) is 32.0 Å². The highest BCUT2D eigenvalue weighted by Crippen LogP contribution is 2.21. The Hall–Kier alpha value is -2.45. The Bertz CT molecular complexity index is 878. The summed E-state index contributed by atoms with van der Waals surface area (Å²) in [5.41, 5.74) is 2.01. The Morgan fingerprint density at radius 3 is 2.30 bits per heavy atom. The molecule has 27 heavy (non-hydrogen) atoms. The van der Waals surface area contributed by atoms with Crippen LogP contribution in [0, 0.1) is 19.7 Å². The van der Waals surface area contributed by atoms with Crippen molar-refractivity contribution in [2.45, 2.75) is 18.7 Å². The summed E-state index contributed by atoms with van der Waals surface area (Å²) in [6, 6.07) is 10.3. The van der Waals surface area contributed by atoms with Crippen LogP contribution in [-0.4, -0.2) is 45.4 Å². The van der Waals surface area contributed by atoms with E-state index < -0.39 is 21.7 Å². The molecule has 1 amide bonds. The molecule has 0 fully saturated rings. The Balaban J connectivity index is 1.83. The molecule has 1 N–H and O–H groups in total. The molecule has 0 atom stereocenters. The van der Waals surface area contributed by atoms with Crippen LogP contribution in [-0.2, 0) is 14.8 Å². The number of para-hydroxylation sites is 1. The molecule has 0 radical (unpaired) electrons. The number of aryl methyl sites for hydroxylation is 2. The highest BCUT2D eigenvalue weighted by molar-refractivity contribution is 7.89. The van der Waals surface area contributed by atoms with E-state index in [2.05, 4.69) is 5.32 Å². The van der Waals surface area contributed by atoms with Gasteiger partial charge in [0.05, 0.1) is 18.0 Å². The van der Waals surface area contributed by atoms with Crippen molar-refractivity contribution in [1.82, 2.24) is 9.62 Å². The van der Waals surface area contributed by atoms with Crippen LogP contribution in [0.4, 0.5) is 4.39 Å². The maximum absolute atomic E-state index is 12.9. The highest BCUT2D eigenvalue weighted by atomic mass is 32.2. The molecule has 0 saturated carbocycles. The number of ether oxygens (including phenoxy) is 1. The molecule has 0 spiro atoms. The first-order chi connectivity index (χ1) is 12.7. The molecule has 0 bridgehead atoms. The van der Waals surface area contributed by atoms with E-state index in [0.717, 1.165) is 45.4 Å². The molecule has 0 aliphatic rings. The van der Waals surface area contributed by atoms with Gasteiger partial charge in [0.1, 0.15) is 18.2 Å². The Kier molecular flexibility index (Phi) is 6.92. The topological polar surface area (TPSA) is 75.7 Å². The SMILES string of the molecule is Cc1cccc(C)c1OCCNC(=O)CN(C)S(=O)(=O)c1ccc(F)cc1. The minimum absolute atomic E-state index is 0.0717. The van der Waals surface area contributed by atoms with Gasteiger partial charge in [-0.1, -0.05) is 18.2 Å². The van der Waals surface area contributed by atoms with Crippen LogP contribution in [0.1, 0.15) is 11.1 Å². The third-order valence-corrected chi connectivity index (χ3v) is 5.79. The fourth-order valence-corrected chi connectivity index (χ4v) is 3.63. The first-order valence-electron chi connectivity index (χ1n) is 8.39. The standard InChI is InChI=1S/C19H23FN2O4S/c1-14-5-4-6-15(2)19(14)26-12-11-21-18(23)13-22(3)27(24,25)17-9-7-16(20)8-10-17/h4-10H,11-13H2,1-3H3,(H,21,23). The highest BCUT2D eigenvalue weighted by Gasteiger charge is 2.22. The van der Waals surface area contributed by atoms with Crippen molar-refractivity contribution in [3.05, 3.63) is 59.4 Å². The normalized spacial score (nSPS) is 11.4. The summed E-state index contributed by atoms with van der Waals surface area (Å²) < 4.78 is 44.3. The fraction of sp³-hybridized carbons (Fsp3) is 0.316. The minimum Gasteiger partial charge on any atom is -0.491 e.